The Morgan fingerprint density at radius 2 is 1.79 bits per heavy atom. The molecule has 0 bridgehead atoms. The third-order valence-electron chi connectivity index (χ3n) is 8.38. The molecule has 1 saturated carbocycles. The number of rotatable bonds is 16. The van der Waals surface area contributed by atoms with Crippen molar-refractivity contribution in [2.24, 2.45) is 0 Å². The number of ether oxygens (including phenoxy) is 4. The first-order valence-corrected chi connectivity index (χ1v) is 17.3. The van der Waals surface area contributed by atoms with E-state index < -0.39 is 15.8 Å². The van der Waals surface area contributed by atoms with Gasteiger partial charge in [0.2, 0.25) is 15.8 Å². The summed E-state index contributed by atoms with van der Waals surface area (Å²) >= 11 is 0. The number of sulfonamides is 1. The Bertz CT molecular complexity index is 1340. The van der Waals surface area contributed by atoms with Gasteiger partial charge in [0, 0.05) is 45.2 Å². The topological polar surface area (TPSA) is 103 Å². The molecule has 3 aliphatic rings. The number of aryl methyl sites for hydroxylation is 1. The van der Waals surface area contributed by atoms with Crippen LogP contribution >= 0.6 is 0 Å². The fourth-order valence-corrected chi connectivity index (χ4v) is 6.97. The summed E-state index contributed by atoms with van der Waals surface area (Å²) in [5.41, 5.74) is 2.99. The molecule has 1 aliphatic carbocycles. The first-order chi connectivity index (χ1) is 20.7. The van der Waals surface area contributed by atoms with Crippen molar-refractivity contribution in [2.75, 3.05) is 26.3 Å². The average Bonchev–Trinajstić information content (AvgIpc) is 3.33. The van der Waals surface area contributed by atoms with Crippen LogP contribution in [0, 0.1) is 0 Å². The highest BCUT2D eigenvalue weighted by Gasteiger charge is 2.33. The highest BCUT2D eigenvalue weighted by Crippen LogP contribution is 2.35. The van der Waals surface area contributed by atoms with Crippen molar-refractivity contribution in [3.8, 4) is 5.75 Å². The molecule has 236 valence electrons. The van der Waals surface area contributed by atoms with Crippen LogP contribution in [0.3, 0.4) is 0 Å². The van der Waals surface area contributed by atoms with E-state index in [2.05, 4.69) is 4.72 Å². The van der Waals surface area contributed by atoms with Crippen LogP contribution in [0.2, 0.25) is 0 Å². The van der Waals surface area contributed by atoms with Crippen LogP contribution < -0.4 is 9.46 Å². The summed E-state index contributed by atoms with van der Waals surface area (Å²) in [4.78, 5) is 14.6. The molecular formula is C33H46N2O7S. The van der Waals surface area contributed by atoms with Gasteiger partial charge in [-0.2, -0.15) is 0 Å². The zero-order valence-corrected chi connectivity index (χ0v) is 26.3. The number of hydrogen-bond donors (Lipinski definition) is 1. The van der Waals surface area contributed by atoms with Crippen molar-refractivity contribution in [3.05, 3.63) is 59.2 Å². The van der Waals surface area contributed by atoms with E-state index in [1.165, 1.54) is 0 Å². The summed E-state index contributed by atoms with van der Waals surface area (Å²) in [5.74, 6) is 0.186. The predicted octanol–water partition coefficient (Wildman–Crippen LogP) is 6.26. The van der Waals surface area contributed by atoms with E-state index in [-0.39, 0.29) is 18.2 Å². The quantitative estimate of drug-likeness (QED) is 0.223. The lowest BCUT2D eigenvalue weighted by Crippen LogP contribution is -2.39. The lowest BCUT2D eigenvalue weighted by Gasteiger charge is -2.32. The SMILES string of the molecule is CC1(C)OCc2cc([C@@H]3CN(CCCCCCOCCCCc4cccc(S(=O)(=O)NC5CCC5)c4)C(=O)O3)ccc2O1. The van der Waals surface area contributed by atoms with E-state index in [0.717, 1.165) is 93.3 Å². The van der Waals surface area contributed by atoms with Gasteiger partial charge < -0.3 is 23.8 Å². The van der Waals surface area contributed by atoms with Crippen molar-refractivity contribution < 1.29 is 32.2 Å². The highest BCUT2D eigenvalue weighted by atomic mass is 32.2. The molecule has 10 heteroatoms. The highest BCUT2D eigenvalue weighted by molar-refractivity contribution is 7.89. The van der Waals surface area contributed by atoms with Gasteiger partial charge in [-0.25, -0.2) is 17.9 Å². The van der Waals surface area contributed by atoms with Crippen molar-refractivity contribution in [1.82, 2.24) is 9.62 Å². The van der Waals surface area contributed by atoms with Crippen molar-refractivity contribution in [3.63, 3.8) is 0 Å². The van der Waals surface area contributed by atoms with Crippen LogP contribution in [0.4, 0.5) is 4.79 Å². The Kier molecular flexibility index (Phi) is 10.6. The van der Waals surface area contributed by atoms with E-state index in [9.17, 15) is 13.2 Å². The van der Waals surface area contributed by atoms with Gasteiger partial charge in [0.05, 0.1) is 18.0 Å². The third-order valence-corrected chi connectivity index (χ3v) is 9.90. The molecule has 2 fully saturated rings. The van der Waals surface area contributed by atoms with Crippen molar-refractivity contribution >= 4 is 16.1 Å². The van der Waals surface area contributed by atoms with E-state index in [1.807, 2.05) is 44.2 Å². The predicted molar refractivity (Wildman–Crippen MR) is 163 cm³/mol. The Balaban J connectivity index is 0.901. The number of fused-ring (bicyclic) bond motifs is 1. The largest absolute Gasteiger partial charge is 0.463 e. The normalized spacial score (nSPS) is 19.9. The first kappa shape index (κ1) is 31.8. The minimum Gasteiger partial charge on any atom is -0.463 e. The maximum atomic E-state index is 12.6. The van der Waals surface area contributed by atoms with Gasteiger partial charge in [0.1, 0.15) is 11.9 Å². The number of hydrogen-bond acceptors (Lipinski definition) is 7. The fraction of sp³-hybridized carbons (Fsp3) is 0.606. The zero-order chi connectivity index (χ0) is 30.3. The number of nitrogens with zero attached hydrogens (tertiary/aromatic N) is 1. The second-order valence-electron chi connectivity index (χ2n) is 12.4. The van der Waals surface area contributed by atoms with Gasteiger partial charge in [0.25, 0.3) is 0 Å². The monoisotopic (exact) mass is 614 g/mol. The van der Waals surface area contributed by atoms with Gasteiger partial charge in [-0.05, 0) is 80.3 Å². The Hall–Kier alpha value is -2.66. The standard InChI is InChI=1S/C33H46N2O7S/c1-33(2)40-24-27-22-26(16-17-30(27)42-33)31-23-35(32(36)41-31)18-6-3-4-7-19-39-20-8-5-11-25-12-9-15-29(21-25)43(37,38)34-28-13-10-14-28/h9,12,15-17,21-22,28,31,34H,3-8,10-11,13-14,18-20,23-24H2,1-2H3/t31-/m0/s1. The van der Waals surface area contributed by atoms with Gasteiger partial charge in [-0.15, -0.1) is 0 Å². The maximum absolute atomic E-state index is 12.6. The molecule has 43 heavy (non-hydrogen) atoms. The molecule has 0 spiro atoms. The molecular weight excluding hydrogens is 568 g/mol. The van der Waals surface area contributed by atoms with Gasteiger partial charge in [-0.1, -0.05) is 37.5 Å². The second-order valence-corrected chi connectivity index (χ2v) is 14.1. The van der Waals surface area contributed by atoms with Crippen molar-refractivity contribution in [2.45, 2.75) is 107 Å². The molecule has 2 aromatic carbocycles. The molecule has 1 N–H and O–H groups in total. The van der Waals surface area contributed by atoms with E-state index in [0.29, 0.717) is 31.2 Å². The molecule has 0 radical (unpaired) electrons. The number of cyclic esters (lactones) is 1. The van der Waals surface area contributed by atoms with Crippen LogP contribution in [-0.4, -0.2) is 57.5 Å². The van der Waals surface area contributed by atoms with Gasteiger partial charge in [0.15, 0.2) is 0 Å². The van der Waals surface area contributed by atoms with Crippen LogP contribution in [0.1, 0.15) is 94.4 Å². The number of benzene rings is 2. The number of unbranched alkanes of at least 4 members (excludes halogenated alkanes) is 4. The first-order valence-electron chi connectivity index (χ1n) is 15.8. The molecule has 0 unspecified atom stereocenters. The van der Waals surface area contributed by atoms with E-state index in [1.54, 1.807) is 17.0 Å². The van der Waals surface area contributed by atoms with Crippen LogP contribution in [0.5, 0.6) is 5.75 Å². The number of amides is 1. The molecule has 0 aromatic heterocycles. The van der Waals surface area contributed by atoms with Gasteiger partial charge >= 0.3 is 6.09 Å². The lowest BCUT2D eigenvalue weighted by atomic mass is 9.94. The lowest BCUT2D eigenvalue weighted by molar-refractivity contribution is -0.180. The molecule has 9 nitrogen and oxygen atoms in total. The third kappa shape index (κ3) is 8.94. The van der Waals surface area contributed by atoms with E-state index >= 15 is 0 Å². The van der Waals surface area contributed by atoms with Gasteiger partial charge in [-0.3, -0.25) is 0 Å². The number of carbonyl (C=O) groups excluding carboxylic acids is 1. The smallest absolute Gasteiger partial charge is 0.410 e. The molecule has 2 aromatic rings. The summed E-state index contributed by atoms with van der Waals surface area (Å²) < 4.78 is 51.0. The Morgan fingerprint density at radius 3 is 2.58 bits per heavy atom. The molecule has 2 aliphatic heterocycles. The number of carbonyl (C=O) groups is 1. The summed E-state index contributed by atoms with van der Waals surface area (Å²) in [7, 11) is -3.43. The summed E-state index contributed by atoms with van der Waals surface area (Å²) in [6, 6.07) is 13.3. The minimum absolute atomic E-state index is 0.0917. The number of nitrogens with one attached hydrogen (secondary N) is 1. The summed E-state index contributed by atoms with van der Waals surface area (Å²) in [6.45, 7) is 6.96. The Morgan fingerprint density at radius 1 is 1.00 bits per heavy atom. The zero-order valence-electron chi connectivity index (χ0n) is 25.5. The maximum Gasteiger partial charge on any atom is 0.410 e. The molecule has 1 amide bonds. The average molecular weight is 615 g/mol. The molecule has 1 saturated heterocycles. The fourth-order valence-electron chi connectivity index (χ4n) is 5.60. The summed E-state index contributed by atoms with van der Waals surface area (Å²) in [5, 5.41) is 0. The van der Waals surface area contributed by atoms with E-state index in [4.69, 9.17) is 18.9 Å². The molecule has 1 atom stereocenters. The second kappa shape index (κ2) is 14.4. The van der Waals surface area contributed by atoms with Crippen LogP contribution in [-0.2, 0) is 37.3 Å². The summed E-state index contributed by atoms with van der Waals surface area (Å²) in [6.07, 6.45) is 9.20. The minimum atomic E-state index is -3.43. The van der Waals surface area contributed by atoms with Crippen LogP contribution in [0.25, 0.3) is 0 Å². The molecule has 5 rings (SSSR count). The van der Waals surface area contributed by atoms with Crippen LogP contribution in [0.15, 0.2) is 47.4 Å². The van der Waals surface area contributed by atoms with Crippen molar-refractivity contribution in [1.29, 1.82) is 0 Å². The Labute approximate surface area is 256 Å². The molecule has 2 heterocycles.